The lowest BCUT2D eigenvalue weighted by atomic mass is 9.86. The Morgan fingerprint density at radius 2 is 0.767 bits per heavy atom. The maximum absolute atomic E-state index is 11.3. The molecule has 182 valence electrons. The molecule has 0 aliphatic carbocycles. The van der Waals surface area contributed by atoms with E-state index in [-0.39, 0.29) is 0 Å². The van der Waals surface area contributed by atoms with E-state index in [1.807, 2.05) is 0 Å². The van der Waals surface area contributed by atoms with Crippen LogP contribution in [0.15, 0.2) is 0 Å². The van der Waals surface area contributed by atoms with Gasteiger partial charge in [-0.15, -0.1) is 0 Å². The summed E-state index contributed by atoms with van der Waals surface area (Å²) in [6.07, 6.45) is 27.7. The van der Waals surface area contributed by atoms with Crippen LogP contribution in [0.2, 0.25) is 0 Å². The molecule has 0 fully saturated rings. The molecule has 0 saturated carbocycles. The summed E-state index contributed by atoms with van der Waals surface area (Å²) in [4.78, 5) is 0. The zero-order valence-electron chi connectivity index (χ0n) is 21.3. The lowest BCUT2D eigenvalue weighted by Gasteiger charge is -2.28. The Bertz CT molecular complexity index is 296. The second-order valence-electron chi connectivity index (χ2n) is 9.74. The van der Waals surface area contributed by atoms with E-state index in [1.54, 1.807) is 0 Å². The van der Waals surface area contributed by atoms with Gasteiger partial charge in [-0.05, 0) is 32.1 Å². The van der Waals surface area contributed by atoms with Crippen molar-refractivity contribution < 1.29 is 9.84 Å². The van der Waals surface area contributed by atoms with Gasteiger partial charge in [0.1, 0.15) is 0 Å². The predicted octanol–water partition coefficient (Wildman–Crippen LogP) is 9.38. The van der Waals surface area contributed by atoms with Crippen LogP contribution in [0.4, 0.5) is 0 Å². The maximum Gasteiger partial charge on any atom is 0.0648 e. The van der Waals surface area contributed by atoms with E-state index in [9.17, 15) is 5.11 Å². The highest BCUT2D eigenvalue weighted by Crippen LogP contribution is 2.28. The molecule has 0 aromatic heterocycles. The molecule has 0 heterocycles. The number of hydrogen-bond acceptors (Lipinski definition) is 2. The second kappa shape index (κ2) is 23.6. The fraction of sp³-hybridized carbons (Fsp3) is 1.00. The molecule has 0 spiro atoms. The van der Waals surface area contributed by atoms with E-state index in [1.165, 1.54) is 109 Å². The highest BCUT2D eigenvalue weighted by atomic mass is 16.5. The van der Waals surface area contributed by atoms with Crippen molar-refractivity contribution in [2.75, 3.05) is 13.2 Å². The van der Waals surface area contributed by atoms with Gasteiger partial charge >= 0.3 is 0 Å². The van der Waals surface area contributed by atoms with Crippen molar-refractivity contribution in [1.29, 1.82) is 0 Å². The van der Waals surface area contributed by atoms with Gasteiger partial charge in [-0.25, -0.2) is 0 Å². The summed E-state index contributed by atoms with van der Waals surface area (Å²) in [7, 11) is 0. The first kappa shape index (κ1) is 29.9. The molecule has 1 N–H and O–H groups in total. The smallest absolute Gasteiger partial charge is 0.0648 e. The summed E-state index contributed by atoms with van der Waals surface area (Å²) in [5.41, 5.74) is -0.446. The molecule has 0 radical (unpaired) electrons. The molecule has 0 aromatic rings. The minimum atomic E-state index is -0.446. The van der Waals surface area contributed by atoms with Crippen LogP contribution in [0.5, 0.6) is 0 Å². The molecule has 0 unspecified atom stereocenters. The fourth-order valence-electron chi connectivity index (χ4n) is 4.40. The van der Waals surface area contributed by atoms with Gasteiger partial charge in [0.25, 0.3) is 0 Å². The van der Waals surface area contributed by atoms with Crippen molar-refractivity contribution in [3.05, 3.63) is 0 Å². The molecule has 0 bridgehead atoms. The van der Waals surface area contributed by atoms with Crippen LogP contribution in [0.1, 0.15) is 162 Å². The molecule has 0 aliphatic rings. The lowest BCUT2D eigenvalue weighted by molar-refractivity contribution is -0.000518. The van der Waals surface area contributed by atoms with Gasteiger partial charge in [0.15, 0.2) is 0 Å². The van der Waals surface area contributed by atoms with Crippen LogP contribution < -0.4 is 0 Å². The second-order valence-corrected chi connectivity index (χ2v) is 9.74. The molecular formula is C28H58O2. The Morgan fingerprint density at radius 1 is 0.433 bits per heavy atom. The quantitative estimate of drug-likeness (QED) is 0.147. The number of aliphatic hydroxyl groups is 1. The van der Waals surface area contributed by atoms with E-state index in [4.69, 9.17) is 4.74 Å². The highest BCUT2D eigenvalue weighted by molar-refractivity contribution is 4.78. The van der Waals surface area contributed by atoms with Crippen LogP contribution in [0.25, 0.3) is 0 Å². The van der Waals surface area contributed by atoms with Gasteiger partial charge in [-0.1, -0.05) is 130 Å². The number of rotatable bonds is 25. The van der Waals surface area contributed by atoms with Crippen molar-refractivity contribution in [1.82, 2.24) is 0 Å². The average molecular weight is 427 g/mol. The van der Waals surface area contributed by atoms with Crippen LogP contribution in [0.3, 0.4) is 0 Å². The van der Waals surface area contributed by atoms with Gasteiger partial charge < -0.3 is 9.84 Å². The zero-order valence-corrected chi connectivity index (χ0v) is 21.3. The van der Waals surface area contributed by atoms with Gasteiger partial charge in [0.2, 0.25) is 0 Å². The number of ether oxygens (including phenoxy) is 1. The normalized spacial score (nSPS) is 12.0. The SMILES string of the molecule is CCCCCCCCCCC(O)(CCCCCCCCCC)CCCOCCCC. The van der Waals surface area contributed by atoms with Gasteiger partial charge in [-0.3, -0.25) is 0 Å². The fourth-order valence-corrected chi connectivity index (χ4v) is 4.40. The van der Waals surface area contributed by atoms with Gasteiger partial charge in [0.05, 0.1) is 5.60 Å². The summed E-state index contributed by atoms with van der Waals surface area (Å²) in [5.74, 6) is 0. The first-order chi connectivity index (χ1) is 14.7. The minimum Gasteiger partial charge on any atom is -0.390 e. The molecule has 0 aliphatic heterocycles. The summed E-state index contributed by atoms with van der Waals surface area (Å²) < 4.78 is 5.74. The van der Waals surface area contributed by atoms with Crippen LogP contribution in [-0.4, -0.2) is 23.9 Å². The van der Waals surface area contributed by atoms with E-state index in [0.29, 0.717) is 0 Å². The Morgan fingerprint density at radius 3 is 1.20 bits per heavy atom. The Hall–Kier alpha value is -0.0800. The molecule has 0 aromatic carbocycles. The molecule has 2 heteroatoms. The van der Waals surface area contributed by atoms with Crippen molar-refractivity contribution in [2.45, 2.75) is 168 Å². The summed E-state index contributed by atoms with van der Waals surface area (Å²) in [6.45, 7) is 8.46. The standard InChI is InChI=1S/C28H58O2/c1-4-7-10-12-14-16-18-20-23-28(29,25-22-27-30-26-9-6-3)24-21-19-17-15-13-11-8-5-2/h29H,4-27H2,1-3H3. The third-order valence-corrected chi connectivity index (χ3v) is 6.56. The molecular weight excluding hydrogens is 368 g/mol. The van der Waals surface area contributed by atoms with Crippen molar-refractivity contribution >= 4 is 0 Å². The Kier molecular flexibility index (Phi) is 23.5. The molecule has 0 atom stereocenters. The predicted molar refractivity (Wildman–Crippen MR) is 134 cm³/mol. The Balaban J connectivity index is 4.02. The Labute approximate surface area is 191 Å². The first-order valence-corrected chi connectivity index (χ1v) is 14.0. The van der Waals surface area contributed by atoms with E-state index in [0.717, 1.165) is 45.3 Å². The third-order valence-electron chi connectivity index (χ3n) is 6.56. The van der Waals surface area contributed by atoms with E-state index < -0.39 is 5.60 Å². The van der Waals surface area contributed by atoms with Gasteiger partial charge in [-0.2, -0.15) is 0 Å². The average Bonchev–Trinajstić information content (AvgIpc) is 2.74. The van der Waals surface area contributed by atoms with Crippen molar-refractivity contribution in [3.63, 3.8) is 0 Å². The van der Waals surface area contributed by atoms with Crippen LogP contribution >= 0.6 is 0 Å². The zero-order chi connectivity index (χ0) is 22.2. The third kappa shape index (κ3) is 21.2. The molecule has 0 rings (SSSR count). The monoisotopic (exact) mass is 426 g/mol. The lowest BCUT2D eigenvalue weighted by Crippen LogP contribution is -2.29. The summed E-state index contributed by atoms with van der Waals surface area (Å²) in [6, 6.07) is 0. The van der Waals surface area contributed by atoms with Crippen molar-refractivity contribution in [2.24, 2.45) is 0 Å². The maximum atomic E-state index is 11.3. The first-order valence-electron chi connectivity index (χ1n) is 14.0. The summed E-state index contributed by atoms with van der Waals surface area (Å²) >= 11 is 0. The van der Waals surface area contributed by atoms with Crippen molar-refractivity contribution in [3.8, 4) is 0 Å². The number of unbranched alkanes of at least 4 members (excludes halogenated alkanes) is 15. The molecule has 30 heavy (non-hydrogen) atoms. The topological polar surface area (TPSA) is 29.5 Å². The van der Waals surface area contributed by atoms with E-state index >= 15 is 0 Å². The van der Waals surface area contributed by atoms with Gasteiger partial charge in [0, 0.05) is 13.2 Å². The number of hydrogen-bond donors (Lipinski definition) is 1. The van der Waals surface area contributed by atoms with Crippen LogP contribution in [0, 0.1) is 0 Å². The molecule has 2 nitrogen and oxygen atoms in total. The largest absolute Gasteiger partial charge is 0.390 e. The highest BCUT2D eigenvalue weighted by Gasteiger charge is 2.25. The molecule has 0 amide bonds. The minimum absolute atomic E-state index is 0.446. The summed E-state index contributed by atoms with van der Waals surface area (Å²) in [5, 5.41) is 11.3. The van der Waals surface area contributed by atoms with E-state index in [2.05, 4.69) is 20.8 Å². The van der Waals surface area contributed by atoms with Crippen LogP contribution in [-0.2, 0) is 4.74 Å². The molecule has 0 saturated heterocycles.